The molecule has 0 saturated heterocycles. The van der Waals surface area contributed by atoms with Crippen LogP contribution in [-0.4, -0.2) is 37.8 Å². The first-order valence-corrected chi connectivity index (χ1v) is 6.04. The van der Waals surface area contributed by atoms with E-state index in [2.05, 4.69) is 15.5 Å². The van der Waals surface area contributed by atoms with Crippen molar-refractivity contribution in [2.75, 3.05) is 13.4 Å². The summed E-state index contributed by atoms with van der Waals surface area (Å²) in [6.45, 7) is 0. The summed E-state index contributed by atoms with van der Waals surface area (Å²) >= 11 is 0. The number of aromatic nitrogens is 4. The minimum Gasteiger partial charge on any atom is -0.497 e. The zero-order valence-corrected chi connectivity index (χ0v) is 9.64. The van der Waals surface area contributed by atoms with E-state index >= 15 is 0 Å². The second-order valence-corrected chi connectivity index (χ2v) is 4.30. The van der Waals surface area contributed by atoms with Crippen LogP contribution in [0.15, 0.2) is 29.4 Å². The van der Waals surface area contributed by atoms with Crippen LogP contribution in [0.25, 0.3) is 5.69 Å². The van der Waals surface area contributed by atoms with Gasteiger partial charge in [-0.1, -0.05) is 11.2 Å². The van der Waals surface area contributed by atoms with Gasteiger partial charge in [0.1, 0.15) is 5.75 Å². The molecule has 7 heteroatoms. The van der Waals surface area contributed by atoms with Crippen LogP contribution in [0, 0.1) is 0 Å². The highest BCUT2D eigenvalue weighted by Crippen LogP contribution is 2.16. The lowest BCUT2D eigenvalue weighted by Gasteiger charge is -2.04. The average molecular weight is 238 g/mol. The predicted molar refractivity (Wildman–Crippen MR) is 58.0 cm³/mol. The Labute approximate surface area is 94.7 Å². The Hall–Kier alpha value is -1.76. The SMILES string of the molecule is COc1cccc(-n2nnnc2S(C)=O)c1. The molecule has 0 radical (unpaired) electrons. The highest BCUT2D eigenvalue weighted by molar-refractivity contribution is 7.84. The van der Waals surface area contributed by atoms with Crippen LogP contribution in [-0.2, 0) is 10.8 Å². The first-order valence-electron chi connectivity index (χ1n) is 4.48. The van der Waals surface area contributed by atoms with Gasteiger partial charge in [-0.15, -0.1) is 0 Å². The number of ether oxygens (including phenoxy) is 1. The number of hydrogen-bond donors (Lipinski definition) is 0. The van der Waals surface area contributed by atoms with Crippen molar-refractivity contribution in [1.29, 1.82) is 0 Å². The van der Waals surface area contributed by atoms with Crippen molar-refractivity contribution in [3.63, 3.8) is 0 Å². The second-order valence-electron chi connectivity index (χ2n) is 3.03. The lowest BCUT2D eigenvalue weighted by molar-refractivity contribution is 0.414. The fourth-order valence-corrected chi connectivity index (χ4v) is 1.80. The van der Waals surface area contributed by atoms with Gasteiger partial charge in [-0.25, -0.2) is 0 Å². The van der Waals surface area contributed by atoms with E-state index in [1.54, 1.807) is 13.2 Å². The summed E-state index contributed by atoms with van der Waals surface area (Å²) in [7, 11) is 0.349. The second kappa shape index (κ2) is 4.40. The number of hydrogen-bond acceptors (Lipinski definition) is 5. The van der Waals surface area contributed by atoms with E-state index in [1.165, 1.54) is 10.9 Å². The quantitative estimate of drug-likeness (QED) is 0.774. The van der Waals surface area contributed by atoms with Crippen LogP contribution in [0.4, 0.5) is 0 Å². The van der Waals surface area contributed by atoms with E-state index in [9.17, 15) is 4.21 Å². The van der Waals surface area contributed by atoms with Crippen molar-refractivity contribution in [2.45, 2.75) is 5.16 Å². The smallest absolute Gasteiger partial charge is 0.244 e. The third-order valence-electron chi connectivity index (χ3n) is 2.00. The van der Waals surface area contributed by atoms with Crippen LogP contribution >= 0.6 is 0 Å². The third-order valence-corrected chi connectivity index (χ3v) is 2.76. The molecule has 6 nitrogen and oxygen atoms in total. The number of nitrogens with zero attached hydrogens (tertiary/aromatic N) is 4. The minimum absolute atomic E-state index is 0.313. The largest absolute Gasteiger partial charge is 0.497 e. The standard InChI is InChI=1S/C9H10N4O2S/c1-15-8-5-3-4-7(6-8)13-9(16(2)14)10-11-12-13/h3-6H,1-2H3. The van der Waals surface area contributed by atoms with Gasteiger partial charge in [0.25, 0.3) is 0 Å². The predicted octanol–water partition coefficient (Wildman–Crippen LogP) is 0.408. The molecular weight excluding hydrogens is 228 g/mol. The molecule has 0 fully saturated rings. The minimum atomic E-state index is -1.23. The maximum Gasteiger partial charge on any atom is 0.244 e. The van der Waals surface area contributed by atoms with Gasteiger partial charge < -0.3 is 4.74 Å². The van der Waals surface area contributed by atoms with E-state index in [-0.39, 0.29) is 0 Å². The molecule has 0 bridgehead atoms. The van der Waals surface area contributed by atoms with E-state index in [0.717, 1.165) is 5.69 Å². The summed E-state index contributed by atoms with van der Waals surface area (Å²) in [6.07, 6.45) is 1.53. The van der Waals surface area contributed by atoms with E-state index in [0.29, 0.717) is 10.9 Å². The van der Waals surface area contributed by atoms with Crippen LogP contribution in [0.1, 0.15) is 0 Å². The highest BCUT2D eigenvalue weighted by atomic mass is 32.2. The van der Waals surface area contributed by atoms with Crippen LogP contribution in [0.5, 0.6) is 5.75 Å². The third kappa shape index (κ3) is 1.94. The first kappa shape index (κ1) is 10.7. The van der Waals surface area contributed by atoms with E-state index < -0.39 is 10.8 Å². The fraction of sp³-hybridized carbons (Fsp3) is 0.222. The molecule has 2 rings (SSSR count). The summed E-state index contributed by atoms with van der Waals surface area (Å²) in [5.41, 5.74) is 0.717. The van der Waals surface area contributed by atoms with Crippen LogP contribution in [0.3, 0.4) is 0 Å². The molecule has 1 aromatic carbocycles. The Balaban J connectivity index is 2.50. The maximum atomic E-state index is 11.4. The average Bonchev–Trinajstić information content (AvgIpc) is 2.78. The van der Waals surface area contributed by atoms with Gasteiger partial charge >= 0.3 is 0 Å². The molecule has 0 N–H and O–H groups in total. The molecule has 1 unspecified atom stereocenters. The molecule has 0 spiro atoms. The molecule has 2 aromatic rings. The molecule has 1 atom stereocenters. The zero-order valence-electron chi connectivity index (χ0n) is 8.82. The molecule has 84 valence electrons. The van der Waals surface area contributed by atoms with Crippen molar-refractivity contribution in [3.8, 4) is 11.4 Å². The Kier molecular flexibility index (Phi) is 2.95. The van der Waals surface area contributed by atoms with Crippen LogP contribution in [0.2, 0.25) is 0 Å². The molecular formula is C9H10N4O2S. The highest BCUT2D eigenvalue weighted by Gasteiger charge is 2.11. The van der Waals surface area contributed by atoms with Gasteiger partial charge in [0.2, 0.25) is 5.16 Å². The molecule has 0 aliphatic carbocycles. The molecule has 0 saturated carbocycles. The Morgan fingerprint density at radius 1 is 1.44 bits per heavy atom. The maximum absolute atomic E-state index is 11.4. The number of rotatable bonds is 3. The van der Waals surface area contributed by atoms with Gasteiger partial charge in [0.15, 0.2) is 0 Å². The van der Waals surface area contributed by atoms with Crippen molar-refractivity contribution >= 4 is 10.8 Å². The summed E-state index contributed by atoms with van der Waals surface area (Å²) in [5, 5.41) is 11.3. The number of tetrazole rings is 1. The summed E-state index contributed by atoms with van der Waals surface area (Å²) in [6, 6.07) is 7.22. The summed E-state index contributed by atoms with van der Waals surface area (Å²) in [4.78, 5) is 0. The molecule has 16 heavy (non-hydrogen) atoms. The van der Waals surface area contributed by atoms with Crippen molar-refractivity contribution in [1.82, 2.24) is 20.2 Å². The lowest BCUT2D eigenvalue weighted by Crippen LogP contribution is -2.04. The van der Waals surface area contributed by atoms with Gasteiger partial charge in [-0.3, -0.25) is 4.21 Å². The monoisotopic (exact) mass is 238 g/mol. The van der Waals surface area contributed by atoms with Crippen molar-refractivity contribution < 1.29 is 8.95 Å². The topological polar surface area (TPSA) is 69.9 Å². The van der Waals surface area contributed by atoms with Gasteiger partial charge in [-0.2, -0.15) is 4.68 Å². The lowest BCUT2D eigenvalue weighted by atomic mass is 10.3. The zero-order chi connectivity index (χ0) is 11.5. The molecule has 0 aliphatic rings. The van der Waals surface area contributed by atoms with Gasteiger partial charge in [0, 0.05) is 12.3 Å². The summed E-state index contributed by atoms with van der Waals surface area (Å²) in [5.74, 6) is 0.695. The van der Waals surface area contributed by atoms with Crippen LogP contribution < -0.4 is 4.74 Å². The van der Waals surface area contributed by atoms with Crippen molar-refractivity contribution in [2.24, 2.45) is 0 Å². The van der Waals surface area contributed by atoms with Crippen molar-refractivity contribution in [3.05, 3.63) is 24.3 Å². The van der Waals surface area contributed by atoms with E-state index in [4.69, 9.17) is 4.74 Å². The summed E-state index contributed by atoms with van der Waals surface area (Å²) < 4.78 is 17.9. The van der Waals surface area contributed by atoms with Gasteiger partial charge in [0.05, 0.1) is 23.6 Å². The Bertz CT molecular complexity index is 526. The van der Waals surface area contributed by atoms with E-state index in [1.807, 2.05) is 18.2 Å². The first-order chi connectivity index (χ1) is 7.72. The molecule has 0 aliphatic heterocycles. The van der Waals surface area contributed by atoms with Gasteiger partial charge in [-0.05, 0) is 22.6 Å². The molecule has 0 amide bonds. The Morgan fingerprint density at radius 3 is 2.94 bits per heavy atom. The number of benzene rings is 1. The normalized spacial score (nSPS) is 12.4. The molecule has 1 heterocycles. The fourth-order valence-electron chi connectivity index (χ4n) is 1.26. The Morgan fingerprint density at radius 2 is 2.25 bits per heavy atom. The number of methoxy groups -OCH3 is 1. The molecule has 1 aromatic heterocycles.